The van der Waals surface area contributed by atoms with Crippen LogP contribution in [0.4, 0.5) is 0 Å². The first kappa shape index (κ1) is 18.2. The van der Waals surface area contributed by atoms with Crippen molar-refractivity contribution in [2.45, 2.75) is 38.6 Å². The maximum absolute atomic E-state index is 12.5. The van der Waals surface area contributed by atoms with Crippen LogP contribution >= 0.6 is 0 Å². The average Bonchev–Trinajstić information content (AvgIpc) is 3.08. The number of likely N-dealkylation sites (tertiary alicyclic amines) is 2. The first-order valence-electron chi connectivity index (χ1n) is 9.99. The summed E-state index contributed by atoms with van der Waals surface area (Å²) in [5.41, 5.74) is 2.56. The Kier molecular flexibility index (Phi) is 5.25. The van der Waals surface area contributed by atoms with E-state index in [4.69, 9.17) is 0 Å². The van der Waals surface area contributed by atoms with Gasteiger partial charge >= 0.3 is 0 Å². The molecule has 2 saturated heterocycles. The number of piperidine rings is 2. The SMILES string of the molecule is Cn1cncc1CN1CCCC2(CCC(=O)N(CCc3ccccn3)C2)C1. The highest BCUT2D eigenvalue weighted by Crippen LogP contribution is 2.39. The molecular weight excluding hydrogens is 338 g/mol. The van der Waals surface area contributed by atoms with Crippen molar-refractivity contribution >= 4 is 5.91 Å². The van der Waals surface area contributed by atoms with Crippen LogP contribution in [-0.2, 0) is 24.8 Å². The predicted octanol–water partition coefficient (Wildman–Crippen LogP) is 2.26. The summed E-state index contributed by atoms with van der Waals surface area (Å²) in [4.78, 5) is 25.8. The molecule has 2 aliphatic heterocycles. The predicted molar refractivity (Wildman–Crippen MR) is 104 cm³/mol. The van der Waals surface area contributed by atoms with Crippen LogP contribution in [0.2, 0.25) is 0 Å². The number of imidazole rings is 1. The molecule has 0 N–H and O–H groups in total. The van der Waals surface area contributed by atoms with Gasteiger partial charge in [-0.15, -0.1) is 0 Å². The number of nitrogens with zero attached hydrogens (tertiary/aromatic N) is 5. The minimum Gasteiger partial charge on any atom is -0.342 e. The number of pyridine rings is 1. The van der Waals surface area contributed by atoms with Gasteiger partial charge in [0.15, 0.2) is 0 Å². The molecular formula is C21H29N5O. The maximum atomic E-state index is 12.5. The number of carbonyl (C=O) groups is 1. The van der Waals surface area contributed by atoms with Crippen molar-refractivity contribution in [3.8, 4) is 0 Å². The van der Waals surface area contributed by atoms with Crippen LogP contribution in [-0.4, -0.2) is 56.4 Å². The smallest absolute Gasteiger partial charge is 0.222 e. The van der Waals surface area contributed by atoms with Crippen molar-refractivity contribution in [3.63, 3.8) is 0 Å². The molecule has 27 heavy (non-hydrogen) atoms. The lowest BCUT2D eigenvalue weighted by Gasteiger charge is -2.48. The van der Waals surface area contributed by atoms with E-state index in [0.717, 1.165) is 51.3 Å². The van der Waals surface area contributed by atoms with Crippen molar-refractivity contribution in [1.29, 1.82) is 0 Å². The minimum atomic E-state index is 0.245. The van der Waals surface area contributed by atoms with Crippen molar-refractivity contribution < 1.29 is 4.79 Å². The lowest BCUT2D eigenvalue weighted by molar-refractivity contribution is -0.139. The summed E-state index contributed by atoms with van der Waals surface area (Å²) in [6, 6.07) is 5.99. The van der Waals surface area contributed by atoms with E-state index in [1.165, 1.54) is 18.5 Å². The summed E-state index contributed by atoms with van der Waals surface area (Å²) in [6.45, 7) is 4.82. The maximum Gasteiger partial charge on any atom is 0.222 e. The number of aryl methyl sites for hydroxylation is 1. The standard InChI is InChI=1S/C21H29N5O/c1-24-17-22-13-19(24)14-25-11-4-8-21(15-25)9-6-20(27)26(16-21)12-7-18-5-2-3-10-23-18/h2-3,5,10,13,17H,4,6-9,11-12,14-16H2,1H3. The van der Waals surface area contributed by atoms with Crippen LogP contribution < -0.4 is 0 Å². The molecule has 2 aromatic rings. The minimum absolute atomic E-state index is 0.245. The lowest BCUT2D eigenvalue weighted by Crippen LogP contribution is -2.54. The van der Waals surface area contributed by atoms with Gasteiger partial charge in [0.05, 0.1) is 12.0 Å². The molecule has 0 aromatic carbocycles. The van der Waals surface area contributed by atoms with Crippen LogP contribution in [0.5, 0.6) is 0 Å². The number of rotatable bonds is 5. The van der Waals surface area contributed by atoms with Gasteiger partial charge in [0, 0.05) is 69.6 Å². The number of carbonyl (C=O) groups excluding carboxylic acids is 1. The first-order chi connectivity index (χ1) is 13.1. The van der Waals surface area contributed by atoms with E-state index >= 15 is 0 Å². The van der Waals surface area contributed by atoms with Gasteiger partial charge in [-0.1, -0.05) is 6.07 Å². The monoisotopic (exact) mass is 367 g/mol. The number of amides is 1. The fraction of sp³-hybridized carbons (Fsp3) is 0.571. The molecule has 4 heterocycles. The van der Waals surface area contributed by atoms with E-state index in [-0.39, 0.29) is 5.41 Å². The summed E-state index contributed by atoms with van der Waals surface area (Å²) in [7, 11) is 2.06. The molecule has 0 saturated carbocycles. The van der Waals surface area contributed by atoms with Crippen molar-refractivity contribution in [1.82, 2.24) is 24.3 Å². The van der Waals surface area contributed by atoms with Crippen LogP contribution in [0.1, 0.15) is 37.1 Å². The van der Waals surface area contributed by atoms with Gasteiger partial charge in [0.2, 0.25) is 5.91 Å². The fourth-order valence-corrected chi connectivity index (χ4v) is 4.65. The molecule has 2 aromatic heterocycles. The van der Waals surface area contributed by atoms with Gasteiger partial charge in [0.25, 0.3) is 0 Å². The topological polar surface area (TPSA) is 54.3 Å². The van der Waals surface area contributed by atoms with Crippen molar-refractivity contribution in [2.24, 2.45) is 12.5 Å². The van der Waals surface area contributed by atoms with E-state index in [1.54, 1.807) is 0 Å². The summed E-state index contributed by atoms with van der Waals surface area (Å²) < 4.78 is 2.10. The average molecular weight is 367 g/mol. The molecule has 0 bridgehead atoms. The quantitative estimate of drug-likeness (QED) is 0.813. The molecule has 1 unspecified atom stereocenters. The molecule has 6 nitrogen and oxygen atoms in total. The fourth-order valence-electron chi connectivity index (χ4n) is 4.65. The molecule has 1 spiro atoms. The molecule has 6 heteroatoms. The molecule has 0 aliphatic carbocycles. The number of aromatic nitrogens is 3. The second kappa shape index (κ2) is 7.80. The Balaban J connectivity index is 1.39. The Hall–Kier alpha value is -2.21. The van der Waals surface area contributed by atoms with Crippen LogP contribution in [0.3, 0.4) is 0 Å². The second-order valence-corrected chi connectivity index (χ2v) is 8.20. The summed E-state index contributed by atoms with van der Waals surface area (Å²) >= 11 is 0. The highest BCUT2D eigenvalue weighted by Gasteiger charge is 2.41. The third-order valence-corrected chi connectivity index (χ3v) is 6.15. The Bertz CT molecular complexity index is 774. The van der Waals surface area contributed by atoms with Gasteiger partial charge in [-0.25, -0.2) is 4.98 Å². The van der Waals surface area contributed by atoms with E-state index in [2.05, 4.69) is 31.4 Å². The second-order valence-electron chi connectivity index (χ2n) is 8.20. The van der Waals surface area contributed by atoms with Gasteiger partial charge in [-0.05, 0) is 37.9 Å². The lowest BCUT2D eigenvalue weighted by atomic mass is 9.73. The van der Waals surface area contributed by atoms with Gasteiger partial charge in [-0.3, -0.25) is 14.7 Å². The summed E-state index contributed by atoms with van der Waals surface area (Å²) in [5, 5.41) is 0. The van der Waals surface area contributed by atoms with E-state index in [9.17, 15) is 4.79 Å². The van der Waals surface area contributed by atoms with Crippen molar-refractivity contribution in [3.05, 3.63) is 48.3 Å². The molecule has 4 rings (SSSR count). The molecule has 144 valence electrons. The highest BCUT2D eigenvalue weighted by molar-refractivity contribution is 5.77. The molecule has 0 radical (unpaired) electrons. The number of hydrogen-bond acceptors (Lipinski definition) is 4. The van der Waals surface area contributed by atoms with Crippen molar-refractivity contribution in [2.75, 3.05) is 26.2 Å². The van der Waals surface area contributed by atoms with Gasteiger partial charge in [0.1, 0.15) is 0 Å². The normalized spacial score (nSPS) is 23.9. The molecule has 2 fully saturated rings. The van der Waals surface area contributed by atoms with Crippen LogP contribution in [0.15, 0.2) is 36.9 Å². The Labute approximate surface area is 161 Å². The summed E-state index contributed by atoms with van der Waals surface area (Å²) in [5.74, 6) is 0.306. The molecule has 1 atom stereocenters. The van der Waals surface area contributed by atoms with Gasteiger partial charge < -0.3 is 9.47 Å². The highest BCUT2D eigenvalue weighted by atomic mass is 16.2. The van der Waals surface area contributed by atoms with E-state index in [1.807, 2.05) is 36.9 Å². The third kappa shape index (κ3) is 4.21. The number of hydrogen-bond donors (Lipinski definition) is 0. The largest absolute Gasteiger partial charge is 0.342 e. The zero-order valence-electron chi connectivity index (χ0n) is 16.2. The first-order valence-corrected chi connectivity index (χ1v) is 9.99. The van der Waals surface area contributed by atoms with Crippen LogP contribution in [0.25, 0.3) is 0 Å². The third-order valence-electron chi connectivity index (χ3n) is 6.15. The zero-order chi connectivity index (χ0) is 18.7. The Morgan fingerprint density at radius 2 is 2.15 bits per heavy atom. The van der Waals surface area contributed by atoms with Gasteiger partial charge in [-0.2, -0.15) is 0 Å². The summed E-state index contributed by atoms with van der Waals surface area (Å²) in [6.07, 6.45) is 10.6. The Morgan fingerprint density at radius 1 is 1.22 bits per heavy atom. The molecule has 1 amide bonds. The zero-order valence-corrected chi connectivity index (χ0v) is 16.2. The Morgan fingerprint density at radius 3 is 2.93 bits per heavy atom. The molecule has 2 aliphatic rings. The van der Waals surface area contributed by atoms with Crippen LogP contribution in [0, 0.1) is 5.41 Å². The van der Waals surface area contributed by atoms with E-state index in [0.29, 0.717) is 12.3 Å². The van der Waals surface area contributed by atoms with E-state index < -0.39 is 0 Å².